The Morgan fingerprint density at radius 2 is 1.79 bits per heavy atom. The Morgan fingerprint density at radius 3 is 2.45 bits per heavy atom. The van der Waals surface area contributed by atoms with Crippen molar-refractivity contribution in [2.45, 2.75) is 37.5 Å². The first-order valence-corrected chi connectivity index (χ1v) is 11.1. The Bertz CT molecular complexity index is 1090. The SMILES string of the molecule is CCc1ccc(S(=O)(=O)Cc2cc(C(=O)NCc3cccnc3)ccc2C)cc1. The van der Waals surface area contributed by atoms with Crippen LogP contribution in [0.15, 0.2) is 71.9 Å². The van der Waals surface area contributed by atoms with Gasteiger partial charge >= 0.3 is 0 Å². The third-order valence-corrected chi connectivity index (χ3v) is 6.50. The quantitative estimate of drug-likeness (QED) is 0.644. The van der Waals surface area contributed by atoms with Gasteiger partial charge in [0.2, 0.25) is 0 Å². The molecule has 3 aromatic rings. The first kappa shape index (κ1) is 20.7. The minimum absolute atomic E-state index is 0.145. The number of hydrogen-bond donors (Lipinski definition) is 1. The van der Waals surface area contributed by atoms with E-state index < -0.39 is 9.84 Å². The molecule has 150 valence electrons. The predicted molar refractivity (Wildman–Crippen MR) is 113 cm³/mol. The molecule has 0 fully saturated rings. The molecule has 0 bridgehead atoms. The van der Waals surface area contributed by atoms with E-state index in [2.05, 4.69) is 10.3 Å². The van der Waals surface area contributed by atoms with Gasteiger partial charge in [-0.1, -0.05) is 31.2 Å². The van der Waals surface area contributed by atoms with Crippen LogP contribution in [-0.2, 0) is 28.6 Å². The molecule has 1 N–H and O–H groups in total. The number of nitrogens with one attached hydrogen (secondary N) is 1. The number of rotatable bonds is 7. The normalized spacial score (nSPS) is 11.2. The molecule has 29 heavy (non-hydrogen) atoms. The lowest BCUT2D eigenvalue weighted by molar-refractivity contribution is 0.0950. The van der Waals surface area contributed by atoms with Crippen LogP contribution in [0.3, 0.4) is 0 Å². The fourth-order valence-electron chi connectivity index (χ4n) is 2.98. The number of sulfone groups is 1. The number of carbonyl (C=O) groups is 1. The minimum atomic E-state index is -3.50. The summed E-state index contributed by atoms with van der Waals surface area (Å²) in [6, 6.07) is 15.8. The van der Waals surface area contributed by atoms with E-state index in [-0.39, 0.29) is 11.7 Å². The number of nitrogens with zero attached hydrogens (tertiary/aromatic N) is 1. The molecule has 1 heterocycles. The highest BCUT2D eigenvalue weighted by molar-refractivity contribution is 7.90. The second kappa shape index (κ2) is 9.01. The van der Waals surface area contributed by atoms with Crippen LogP contribution >= 0.6 is 0 Å². The lowest BCUT2D eigenvalue weighted by atomic mass is 10.1. The van der Waals surface area contributed by atoms with Crippen molar-refractivity contribution in [2.75, 3.05) is 0 Å². The molecule has 0 aliphatic heterocycles. The van der Waals surface area contributed by atoms with Gasteiger partial charge in [0.15, 0.2) is 9.84 Å². The summed E-state index contributed by atoms with van der Waals surface area (Å²) in [5.74, 6) is -0.395. The van der Waals surface area contributed by atoms with Gasteiger partial charge in [0.05, 0.1) is 10.6 Å². The van der Waals surface area contributed by atoms with E-state index >= 15 is 0 Å². The molecule has 0 atom stereocenters. The summed E-state index contributed by atoms with van der Waals surface area (Å²) in [5, 5.41) is 2.84. The average molecular weight is 409 g/mol. The second-order valence-corrected chi connectivity index (χ2v) is 8.93. The fraction of sp³-hybridized carbons (Fsp3) is 0.217. The van der Waals surface area contributed by atoms with Gasteiger partial charge in [-0.3, -0.25) is 9.78 Å². The Hall–Kier alpha value is -2.99. The molecule has 0 spiro atoms. The van der Waals surface area contributed by atoms with Crippen LogP contribution in [-0.4, -0.2) is 19.3 Å². The Morgan fingerprint density at radius 1 is 1.03 bits per heavy atom. The van der Waals surface area contributed by atoms with Crippen molar-refractivity contribution < 1.29 is 13.2 Å². The maximum absolute atomic E-state index is 12.8. The summed E-state index contributed by atoms with van der Waals surface area (Å²) < 4.78 is 25.7. The van der Waals surface area contributed by atoms with E-state index in [0.717, 1.165) is 23.1 Å². The van der Waals surface area contributed by atoms with Crippen molar-refractivity contribution >= 4 is 15.7 Å². The molecule has 2 aromatic carbocycles. The molecule has 0 unspecified atom stereocenters. The predicted octanol–water partition coefficient (Wildman–Crippen LogP) is 3.86. The molecule has 0 aliphatic carbocycles. The molecule has 1 aromatic heterocycles. The van der Waals surface area contributed by atoms with Crippen LogP contribution in [0.4, 0.5) is 0 Å². The van der Waals surface area contributed by atoms with E-state index in [1.807, 2.05) is 38.1 Å². The standard InChI is InChI=1S/C23H24N2O3S/c1-3-18-7-10-22(11-8-18)29(27,28)16-21-13-20(9-6-17(21)2)23(26)25-15-19-5-4-12-24-14-19/h4-14H,3,15-16H2,1-2H3,(H,25,26). The van der Waals surface area contributed by atoms with Crippen molar-refractivity contribution in [3.63, 3.8) is 0 Å². The zero-order valence-corrected chi connectivity index (χ0v) is 17.4. The lowest BCUT2D eigenvalue weighted by Gasteiger charge is -2.11. The molecule has 0 radical (unpaired) electrons. The van der Waals surface area contributed by atoms with Gasteiger partial charge in [-0.25, -0.2) is 8.42 Å². The molecule has 3 rings (SSSR count). The highest BCUT2D eigenvalue weighted by atomic mass is 32.2. The third kappa shape index (κ3) is 5.29. The molecule has 6 heteroatoms. The molecular formula is C23H24N2O3S. The van der Waals surface area contributed by atoms with Crippen molar-refractivity contribution in [1.82, 2.24) is 10.3 Å². The molecule has 0 aliphatic rings. The summed E-state index contributed by atoms with van der Waals surface area (Å²) in [6.07, 6.45) is 4.22. The van der Waals surface area contributed by atoms with Gasteiger partial charge in [-0.2, -0.15) is 0 Å². The summed E-state index contributed by atoms with van der Waals surface area (Å²) >= 11 is 0. The second-order valence-electron chi connectivity index (χ2n) is 6.94. The molecule has 0 saturated carbocycles. The minimum Gasteiger partial charge on any atom is -0.348 e. The third-order valence-electron chi connectivity index (χ3n) is 4.82. The van der Waals surface area contributed by atoms with E-state index in [4.69, 9.17) is 0 Å². The largest absolute Gasteiger partial charge is 0.348 e. The fourth-order valence-corrected chi connectivity index (χ4v) is 4.41. The van der Waals surface area contributed by atoms with Gasteiger partial charge in [0, 0.05) is 24.5 Å². The lowest BCUT2D eigenvalue weighted by Crippen LogP contribution is -2.23. The van der Waals surface area contributed by atoms with Crippen molar-refractivity contribution in [3.05, 3.63) is 94.8 Å². The van der Waals surface area contributed by atoms with Crippen LogP contribution in [0.5, 0.6) is 0 Å². The number of carbonyl (C=O) groups excluding carboxylic acids is 1. The summed E-state index contributed by atoms with van der Waals surface area (Å²) in [5.41, 5.74) is 3.88. The average Bonchev–Trinajstić information content (AvgIpc) is 2.74. The van der Waals surface area contributed by atoms with Gasteiger partial charge in [-0.05, 0) is 65.9 Å². The molecule has 5 nitrogen and oxygen atoms in total. The highest BCUT2D eigenvalue weighted by Crippen LogP contribution is 2.21. The summed E-state index contributed by atoms with van der Waals surface area (Å²) in [7, 11) is -3.50. The van der Waals surface area contributed by atoms with Crippen molar-refractivity contribution in [2.24, 2.45) is 0 Å². The summed E-state index contributed by atoms with van der Waals surface area (Å²) in [4.78, 5) is 16.8. The van der Waals surface area contributed by atoms with Crippen LogP contribution in [0.2, 0.25) is 0 Å². The van der Waals surface area contributed by atoms with Gasteiger partial charge in [0.1, 0.15) is 0 Å². The van der Waals surface area contributed by atoms with Crippen LogP contribution in [0.1, 0.15) is 39.5 Å². The van der Waals surface area contributed by atoms with Crippen LogP contribution in [0.25, 0.3) is 0 Å². The zero-order chi connectivity index (χ0) is 20.9. The van der Waals surface area contributed by atoms with E-state index in [1.165, 1.54) is 0 Å². The number of aryl methyl sites for hydroxylation is 2. The summed E-state index contributed by atoms with van der Waals surface area (Å²) in [6.45, 7) is 4.23. The van der Waals surface area contributed by atoms with Gasteiger partial charge in [-0.15, -0.1) is 0 Å². The number of benzene rings is 2. The number of amides is 1. The number of hydrogen-bond acceptors (Lipinski definition) is 4. The molecular weight excluding hydrogens is 384 g/mol. The molecule has 1 amide bonds. The van der Waals surface area contributed by atoms with Gasteiger partial charge in [0.25, 0.3) is 5.91 Å². The Balaban J connectivity index is 1.76. The Kier molecular flexibility index (Phi) is 6.44. The maximum atomic E-state index is 12.8. The van der Waals surface area contributed by atoms with Crippen LogP contribution < -0.4 is 5.32 Å². The number of pyridine rings is 1. The monoisotopic (exact) mass is 408 g/mol. The van der Waals surface area contributed by atoms with Gasteiger partial charge < -0.3 is 5.32 Å². The molecule has 0 saturated heterocycles. The zero-order valence-electron chi connectivity index (χ0n) is 16.6. The van der Waals surface area contributed by atoms with Crippen molar-refractivity contribution in [3.8, 4) is 0 Å². The van der Waals surface area contributed by atoms with Crippen LogP contribution in [0, 0.1) is 6.92 Å². The van der Waals surface area contributed by atoms with E-state index in [1.54, 1.807) is 42.7 Å². The Labute approximate surface area is 171 Å². The first-order valence-electron chi connectivity index (χ1n) is 9.47. The first-order chi connectivity index (χ1) is 13.9. The van der Waals surface area contributed by atoms with E-state index in [0.29, 0.717) is 22.6 Å². The maximum Gasteiger partial charge on any atom is 0.251 e. The van der Waals surface area contributed by atoms with Crippen molar-refractivity contribution in [1.29, 1.82) is 0 Å². The highest BCUT2D eigenvalue weighted by Gasteiger charge is 2.18. The topological polar surface area (TPSA) is 76.1 Å². The smallest absolute Gasteiger partial charge is 0.251 e. The number of aromatic nitrogens is 1. The van der Waals surface area contributed by atoms with E-state index in [9.17, 15) is 13.2 Å².